The molecule has 0 atom stereocenters. The number of pyridine rings is 1. The fraction of sp³-hybridized carbons (Fsp3) is 0. The van der Waals surface area contributed by atoms with E-state index in [4.69, 9.17) is 17.3 Å². The van der Waals surface area contributed by atoms with Crippen molar-refractivity contribution >= 4 is 28.8 Å². The van der Waals surface area contributed by atoms with Crippen molar-refractivity contribution in [3.63, 3.8) is 0 Å². The maximum absolute atomic E-state index is 10.1. The summed E-state index contributed by atoms with van der Waals surface area (Å²) in [5.74, 6) is 0.495. The molecule has 74 valence electrons. The van der Waals surface area contributed by atoms with Gasteiger partial charge in [-0.1, -0.05) is 23.4 Å². The smallest absolute Gasteiger partial charge is 0.872 e. The molecule has 0 fully saturated rings. The molecule has 0 amide bonds. The zero-order valence-corrected chi connectivity index (χ0v) is 11.8. The number of aromatic nitrogens is 1. The number of halogens is 1. The van der Waals surface area contributed by atoms with Gasteiger partial charge in [0.15, 0.2) is 0 Å². The summed E-state index contributed by atoms with van der Waals surface area (Å²) in [6.07, 6.45) is 1.60. The molecule has 0 radical (unpaired) electrons. The molecule has 0 aliphatic rings. The Labute approximate surface area is 119 Å². The van der Waals surface area contributed by atoms with Crippen molar-refractivity contribution < 1.29 is 34.7 Å². The quantitative estimate of drug-likeness (QED) is 0.619. The van der Waals surface area contributed by atoms with Gasteiger partial charge in [-0.25, -0.2) is 4.98 Å². The Morgan fingerprint density at radius 1 is 1.40 bits per heavy atom. The fourth-order valence-electron chi connectivity index (χ4n) is 0.650. The summed E-state index contributed by atoms with van der Waals surface area (Å²) in [7, 11) is 0. The average molecular weight is 251 g/mol. The van der Waals surface area contributed by atoms with Crippen LogP contribution in [0.2, 0.25) is 5.02 Å². The number of nitrogens with zero attached hydrogens (tertiary/aromatic N) is 1. The maximum atomic E-state index is 10.1. The third-order valence-electron chi connectivity index (χ3n) is 1.28. The van der Waals surface area contributed by atoms with E-state index in [1.54, 1.807) is 35.2 Å². The van der Waals surface area contributed by atoms with Crippen LogP contribution in [0.3, 0.4) is 0 Å². The SMILES string of the molecule is Nc1ncccc1Cl.[Na+].[O-]c1ccsc1. The van der Waals surface area contributed by atoms with E-state index < -0.39 is 0 Å². The fourth-order valence-corrected chi connectivity index (χ4v) is 1.28. The van der Waals surface area contributed by atoms with Gasteiger partial charge < -0.3 is 10.8 Å². The normalized spacial score (nSPS) is 8.33. The summed E-state index contributed by atoms with van der Waals surface area (Å²) in [5.41, 5.74) is 5.28. The standard InChI is InChI=1S/C5H5ClN2.C4H4OS.Na/c6-4-2-1-3-8-5(4)7;5-4-1-2-6-3-4;/h1-3H,(H2,7,8);1-3,5H;/q;;+1/p-1. The molecular formula is C9H8ClN2NaOS. The van der Waals surface area contributed by atoms with Gasteiger partial charge in [-0.05, 0) is 22.9 Å². The summed E-state index contributed by atoms with van der Waals surface area (Å²) < 4.78 is 0. The van der Waals surface area contributed by atoms with Crippen molar-refractivity contribution in [2.24, 2.45) is 0 Å². The third-order valence-corrected chi connectivity index (χ3v) is 2.26. The summed E-state index contributed by atoms with van der Waals surface area (Å²) in [6, 6.07) is 4.98. The largest absolute Gasteiger partial charge is 1.00 e. The number of hydrogen-bond acceptors (Lipinski definition) is 4. The van der Waals surface area contributed by atoms with Crippen LogP contribution in [0, 0.1) is 0 Å². The van der Waals surface area contributed by atoms with Gasteiger partial charge in [-0.3, -0.25) is 0 Å². The van der Waals surface area contributed by atoms with Crippen LogP contribution >= 0.6 is 22.9 Å². The van der Waals surface area contributed by atoms with Crippen LogP contribution in [0.1, 0.15) is 0 Å². The molecular weight excluding hydrogens is 243 g/mol. The first-order chi connectivity index (χ1) is 6.70. The van der Waals surface area contributed by atoms with E-state index in [1.165, 1.54) is 11.3 Å². The molecule has 2 heterocycles. The van der Waals surface area contributed by atoms with Crippen LogP contribution in [0.25, 0.3) is 0 Å². The second-order valence-electron chi connectivity index (χ2n) is 2.33. The number of anilines is 1. The van der Waals surface area contributed by atoms with Crippen LogP contribution in [0.4, 0.5) is 5.82 Å². The molecule has 0 spiro atoms. The second kappa shape index (κ2) is 7.96. The molecule has 3 nitrogen and oxygen atoms in total. The molecule has 2 aromatic rings. The third kappa shape index (κ3) is 6.02. The summed E-state index contributed by atoms with van der Waals surface area (Å²) >= 11 is 6.95. The van der Waals surface area contributed by atoms with Crippen molar-refractivity contribution in [2.45, 2.75) is 0 Å². The summed E-state index contributed by atoms with van der Waals surface area (Å²) in [5, 5.41) is 13.9. The van der Waals surface area contributed by atoms with Crippen molar-refractivity contribution in [3.05, 3.63) is 40.2 Å². The molecule has 0 aliphatic carbocycles. The minimum atomic E-state index is 0. The van der Waals surface area contributed by atoms with E-state index in [2.05, 4.69) is 4.98 Å². The Kier molecular flexibility index (Phi) is 7.82. The Hall–Kier alpha value is -0.260. The molecule has 0 aliphatic heterocycles. The van der Waals surface area contributed by atoms with E-state index in [-0.39, 0.29) is 35.3 Å². The molecule has 2 aromatic heterocycles. The Balaban J connectivity index is 0.000000253. The number of hydrogen-bond donors (Lipinski definition) is 1. The van der Waals surface area contributed by atoms with Crippen LogP contribution < -0.4 is 40.4 Å². The minimum Gasteiger partial charge on any atom is -0.872 e. The van der Waals surface area contributed by atoms with E-state index in [1.807, 2.05) is 0 Å². The van der Waals surface area contributed by atoms with Gasteiger partial charge in [0, 0.05) is 6.20 Å². The van der Waals surface area contributed by atoms with E-state index in [0.717, 1.165) is 0 Å². The van der Waals surface area contributed by atoms with Crippen molar-refractivity contribution in [1.82, 2.24) is 4.98 Å². The summed E-state index contributed by atoms with van der Waals surface area (Å²) in [6.45, 7) is 0. The van der Waals surface area contributed by atoms with Gasteiger partial charge in [-0.15, -0.1) is 0 Å². The predicted octanol–water partition coefficient (Wildman–Crippen LogP) is -0.857. The average Bonchev–Trinajstić information content (AvgIpc) is 2.63. The first kappa shape index (κ1) is 14.7. The Morgan fingerprint density at radius 2 is 2.13 bits per heavy atom. The topological polar surface area (TPSA) is 62.0 Å². The zero-order valence-electron chi connectivity index (χ0n) is 8.18. The van der Waals surface area contributed by atoms with Crippen molar-refractivity contribution in [3.8, 4) is 5.75 Å². The number of nitrogen functional groups attached to an aromatic ring is 1. The van der Waals surface area contributed by atoms with Crippen LogP contribution in [-0.2, 0) is 0 Å². The van der Waals surface area contributed by atoms with Gasteiger partial charge >= 0.3 is 29.6 Å². The molecule has 6 heteroatoms. The molecule has 2 N–H and O–H groups in total. The maximum Gasteiger partial charge on any atom is 1.00 e. The minimum absolute atomic E-state index is 0. The van der Waals surface area contributed by atoms with Crippen LogP contribution in [0.5, 0.6) is 5.75 Å². The Bertz CT molecular complexity index is 362. The summed E-state index contributed by atoms with van der Waals surface area (Å²) in [4.78, 5) is 3.72. The van der Waals surface area contributed by atoms with Gasteiger partial charge in [0.05, 0.1) is 5.02 Å². The predicted molar refractivity (Wildman–Crippen MR) is 57.4 cm³/mol. The second-order valence-corrected chi connectivity index (χ2v) is 3.52. The number of thiophene rings is 1. The van der Waals surface area contributed by atoms with E-state index in [0.29, 0.717) is 10.8 Å². The Morgan fingerprint density at radius 3 is 2.40 bits per heavy atom. The molecule has 0 aromatic carbocycles. The van der Waals surface area contributed by atoms with Gasteiger partial charge in [0.1, 0.15) is 5.82 Å². The molecule has 0 saturated carbocycles. The van der Waals surface area contributed by atoms with Crippen molar-refractivity contribution in [1.29, 1.82) is 0 Å². The van der Waals surface area contributed by atoms with Crippen LogP contribution in [0.15, 0.2) is 35.2 Å². The van der Waals surface area contributed by atoms with E-state index >= 15 is 0 Å². The first-order valence-corrected chi connectivity index (χ1v) is 5.07. The van der Waals surface area contributed by atoms with E-state index in [9.17, 15) is 5.11 Å². The number of rotatable bonds is 0. The van der Waals surface area contributed by atoms with Crippen LogP contribution in [-0.4, -0.2) is 4.98 Å². The molecule has 0 unspecified atom stereocenters. The molecule has 2 rings (SSSR count). The van der Waals surface area contributed by atoms with Crippen molar-refractivity contribution in [2.75, 3.05) is 5.73 Å². The molecule has 0 saturated heterocycles. The number of nitrogens with two attached hydrogens (primary N) is 1. The molecule has 0 bridgehead atoms. The van der Waals surface area contributed by atoms with Gasteiger partial charge in [-0.2, -0.15) is 11.3 Å². The monoisotopic (exact) mass is 250 g/mol. The first-order valence-electron chi connectivity index (χ1n) is 3.75. The molecule has 15 heavy (non-hydrogen) atoms. The van der Waals surface area contributed by atoms with Gasteiger partial charge in [0.2, 0.25) is 0 Å². The zero-order chi connectivity index (χ0) is 10.4. The van der Waals surface area contributed by atoms with Gasteiger partial charge in [0.25, 0.3) is 0 Å².